The summed E-state index contributed by atoms with van der Waals surface area (Å²) in [6.45, 7) is 5.54. The van der Waals surface area contributed by atoms with E-state index in [1.54, 1.807) is 12.1 Å². The van der Waals surface area contributed by atoms with Gasteiger partial charge in [0.25, 0.3) is 5.91 Å². The number of nitrogens with zero attached hydrogens (tertiary/aromatic N) is 5. The number of aryl methyl sites for hydroxylation is 1. The Morgan fingerprint density at radius 3 is 2.70 bits per heavy atom. The zero-order valence-corrected chi connectivity index (χ0v) is 19.0. The fourth-order valence-electron chi connectivity index (χ4n) is 4.40. The average molecular weight is 442 g/mol. The second kappa shape index (κ2) is 8.29. The van der Waals surface area contributed by atoms with Crippen molar-refractivity contribution in [1.29, 1.82) is 0 Å². The number of carbonyl (C=O) groups is 1. The highest BCUT2D eigenvalue weighted by Crippen LogP contribution is 2.31. The maximum atomic E-state index is 11.9. The number of rotatable bonds is 5. The lowest BCUT2D eigenvalue weighted by Crippen LogP contribution is -2.36. The molecule has 8 nitrogen and oxygen atoms in total. The fraction of sp³-hybridized carbons (Fsp3) is 0.280. The van der Waals surface area contributed by atoms with Gasteiger partial charge in [-0.15, -0.1) is 0 Å². The van der Waals surface area contributed by atoms with Crippen LogP contribution in [-0.2, 0) is 19.5 Å². The number of amides is 1. The van der Waals surface area contributed by atoms with Crippen LogP contribution in [0.3, 0.4) is 0 Å². The molecule has 1 atom stereocenters. The molecule has 1 aliphatic rings. The Morgan fingerprint density at radius 1 is 1.15 bits per heavy atom. The molecule has 1 aromatic carbocycles. The minimum absolute atomic E-state index is 0.376. The third-order valence-electron chi connectivity index (χ3n) is 6.35. The minimum Gasteiger partial charge on any atom is -0.366 e. The molecule has 0 spiro atoms. The summed E-state index contributed by atoms with van der Waals surface area (Å²) < 4.78 is 1.85. The molecule has 0 bridgehead atoms. The van der Waals surface area contributed by atoms with Gasteiger partial charge in [0.2, 0.25) is 0 Å². The van der Waals surface area contributed by atoms with E-state index in [4.69, 9.17) is 15.7 Å². The van der Waals surface area contributed by atoms with Crippen molar-refractivity contribution < 1.29 is 4.79 Å². The maximum Gasteiger partial charge on any atom is 0.252 e. The zero-order valence-electron chi connectivity index (χ0n) is 19.0. The number of hydrogen-bond donors (Lipinski definition) is 2. The van der Waals surface area contributed by atoms with Gasteiger partial charge in [-0.25, -0.2) is 15.0 Å². The Labute approximate surface area is 192 Å². The third kappa shape index (κ3) is 3.82. The van der Waals surface area contributed by atoms with E-state index in [1.807, 2.05) is 35.7 Å². The van der Waals surface area contributed by atoms with Gasteiger partial charge < -0.3 is 11.1 Å². The second-order valence-corrected chi connectivity index (χ2v) is 8.65. The molecule has 0 radical (unpaired) electrons. The highest BCUT2D eigenvalue weighted by molar-refractivity contribution is 5.99. The van der Waals surface area contributed by atoms with E-state index < -0.39 is 5.91 Å². The standard InChI is InChI=1S/C25H27N7O/c1-15-12-19-20(14-31(15)3)29-24(30-23(19)27-13-17-8-5-4-6-9-17)21-16(2)28-25-18(22(26)33)10-7-11-32(21)25/h4-11,15H,12-14H2,1-3H3,(H2,26,33)(H,27,29,30). The molecular formula is C25H27N7O. The highest BCUT2D eigenvalue weighted by atomic mass is 16.1. The number of carbonyl (C=O) groups excluding carboxylic acids is 1. The van der Waals surface area contributed by atoms with Crippen LogP contribution < -0.4 is 11.1 Å². The third-order valence-corrected chi connectivity index (χ3v) is 6.35. The molecule has 5 rings (SSSR count). The van der Waals surface area contributed by atoms with E-state index in [1.165, 1.54) is 5.56 Å². The number of benzene rings is 1. The number of primary amides is 1. The first kappa shape index (κ1) is 21.1. The quantitative estimate of drug-likeness (QED) is 0.493. The van der Waals surface area contributed by atoms with Crippen LogP contribution in [0, 0.1) is 6.92 Å². The van der Waals surface area contributed by atoms with Gasteiger partial charge >= 0.3 is 0 Å². The molecule has 1 aliphatic heterocycles. The molecule has 1 unspecified atom stereocenters. The molecule has 3 N–H and O–H groups in total. The van der Waals surface area contributed by atoms with Crippen LogP contribution in [0.1, 0.15) is 39.8 Å². The van der Waals surface area contributed by atoms with Gasteiger partial charge in [-0.2, -0.15) is 0 Å². The van der Waals surface area contributed by atoms with Crippen LogP contribution in [0.5, 0.6) is 0 Å². The lowest BCUT2D eigenvalue weighted by atomic mass is 9.99. The van der Waals surface area contributed by atoms with Crippen LogP contribution in [0.25, 0.3) is 17.2 Å². The van der Waals surface area contributed by atoms with Crippen molar-refractivity contribution in [3.8, 4) is 11.5 Å². The highest BCUT2D eigenvalue weighted by Gasteiger charge is 2.27. The van der Waals surface area contributed by atoms with Gasteiger partial charge in [0.05, 0.1) is 17.0 Å². The van der Waals surface area contributed by atoms with E-state index in [0.29, 0.717) is 29.6 Å². The number of nitrogens with two attached hydrogens (primary N) is 1. The second-order valence-electron chi connectivity index (χ2n) is 8.65. The van der Waals surface area contributed by atoms with Crippen molar-refractivity contribution in [2.75, 3.05) is 12.4 Å². The molecule has 0 fully saturated rings. The lowest BCUT2D eigenvalue weighted by Gasteiger charge is -2.32. The largest absolute Gasteiger partial charge is 0.366 e. The average Bonchev–Trinajstić information content (AvgIpc) is 3.14. The predicted octanol–water partition coefficient (Wildman–Crippen LogP) is 3.19. The van der Waals surface area contributed by atoms with Gasteiger partial charge in [-0.05, 0) is 45.0 Å². The molecule has 4 aromatic rings. The molecular weight excluding hydrogens is 414 g/mol. The van der Waals surface area contributed by atoms with Crippen LogP contribution in [0.2, 0.25) is 0 Å². The van der Waals surface area contributed by atoms with Crippen LogP contribution in [0.4, 0.5) is 5.82 Å². The Hall–Kier alpha value is -3.78. The van der Waals surface area contributed by atoms with Crippen molar-refractivity contribution in [1.82, 2.24) is 24.3 Å². The van der Waals surface area contributed by atoms with E-state index in [2.05, 4.69) is 41.3 Å². The number of imidazole rings is 1. The van der Waals surface area contributed by atoms with Crippen LogP contribution in [-0.4, -0.2) is 43.2 Å². The summed E-state index contributed by atoms with van der Waals surface area (Å²) in [5.41, 5.74) is 11.3. The molecule has 0 saturated heterocycles. The number of fused-ring (bicyclic) bond motifs is 2. The Bertz CT molecular complexity index is 1350. The summed E-state index contributed by atoms with van der Waals surface area (Å²) >= 11 is 0. The van der Waals surface area contributed by atoms with E-state index in [-0.39, 0.29) is 0 Å². The van der Waals surface area contributed by atoms with Gasteiger partial charge in [0, 0.05) is 30.9 Å². The minimum atomic E-state index is -0.510. The Morgan fingerprint density at radius 2 is 1.94 bits per heavy atom. The van der Waals surface area contributed by atoms with Crippen LogP contribution in [0.15, 0.2) is 48.7 Å². The first-order valence-electron chi connectivity index (χ1n) is 11.1. The van der Waals surface area contributed by atoms with Crippen molar-refractivity contribution >= 4 is 17.4 Å². The van der Waals surface area contributed by atoms with Gasteiger partial charge in [0.1, 0.15) is 17.2 Å². The predicted molar refractivity (Wildman–Crippen MR) is 128 cm³/mol. The number of likely N-dealkylation sites (N-methyl/N-ethyl adjacent to an activating group) is 1. The molecule has 33 heavy (non-hydrogen) atoms. The Kier molecular flexibility index (Phi) is 5.30. The van der Waals surface area contributed by atoms with Gasteiger partial charge in [-0.3, -0.25) is 14.1 Å². The maximum absolute atomic E-state index is 11.9. The zero-order chi connectivity index (χ0) is 23.1. The van der Waals surface area contributed by atoms with Crippen molar-refractivity contribution in [3.05, 3.63) is 76.7 Å². The topological polar surface area (TPSA) is 101 Å². The number of pyridine rings is 1. The first-order valence-corrected chi connectivity index (χ1v) is 11.1. The smallest absolute Gasteiger partial charge is 0.252 e. The number of anilines is 1. The molecule has 3 aromatic heterocycles. The first-order chi connectivity index (χ1) is 15.9. The Balaban J connectivity index is 1.64. The summed E-state index contributed by atoms with van der Waals surface area (Å²) in [6, 6.07) is 14.2. The van der Waals surface area contributed by atoms with Crippen molar-refractivity contribution in [2.45, 2.75) is 39.4 Å². The van der Waals surface area contributed by atoms with E-state index in [9.17, 15) is 4.79 Å². The molecule has 0 aliphatic carbocycles. The fourth-order valence-corrected chi connectivity index (χ4v) is 4.40. The monoisotopic (exact) mass is 441 g/mol. The number of nitrogens with one attached hydrogen (secondary N) is 1. The van der Waals surface area contributed by atoms with Gasteiger partial charge in [0.15, 0.2) is 5.82 Å². The summed E-state index contributed by atoms with van der Waals surface area (Å²) in [7, 11) is 2.12. The number of hydrogen-bond acceptors (Lipinski definition) is 6. The SMILES string of the molecule is Cc1nc2c(C(N)=O)cccn2c1-c1nc2c(c(NCc3ccccc3)n1)CC(C)N(C)C2. The summed E-state index contributed by atoms with van der Waals surface area (Å²) in [6.07, 6.45) is 2.74. The normalized spacial score (nSPS) is 16.0. The molecule has 168 valence electrons. The molecule has 4 heterocycles. The molecule has 1 amide bonds. The molecule has 0 saturated carbocycles. The van der Waals surface area contributed by atoms with E-state index in [0.717, 1.165) is 41.4 Å². The van der Waals surface area contributed by atoms with Crippen LogP contribution >= 0.6 is 0 Å². The summed E-state index contributed by atoms with van der Waals surface area (Å²) in [5.74, 6) is 0.919. The summed E-state index contributed by atoms with van der Waals surface area (Å²) in [5, 5.41) is 3.55. The van der Waals surface area contributed by atoms with Crippen molar-refractivity contribution in [3.63, 3.8) is 0 Å². The molecule has 8 heteroatoms. The van der Waals surface area contributed by atoms with E-state index >= 15 is 0 Å². The van der Waals surface area contributed by atoms with Crippen molar-refractivity contribution in [2.24, 2.45) is 5.73 Å². The number of aromatic nitrogens is 4. The lowest BCUT2D eigenvalue weighted by molar-refractivity contribution is 0.100. The summed E-state index contributed by atoms with van der Waals surface area (Å²) in [4.78, 5) is 28.8. The van der Waals surface area contributed by atoms with Gasteiger partial charge in [-0.1, -0.05) is 30.3 Å².